The van der Waals surface area contributed by atoms with Gasteiger partial charge in [-0.25, -0.2) is 9.18 Å². The second-order valence-corrected chi connectivity index (χ2v) is 6.47. The number of nitro groups is 1. The molecule has 1 aliphatic heterocycles. The van der Waals surface area contributed by atoms with Crippen molar-refractivity contribution in [3.8, 4) is 0 Å². The summed E-state index contributed by atoms with van der Waals surface area (Å²) in [7, 11) is 0. The summed E-state index contributed by atoms with van der Waals surface area (Å²) in [6.45, 7) is 0.528. The van der Waals surface area contributed by atoms with E-state index in [-0.39, 0.29) is 43.9 Å². The monoisotopic (exact) mass is 374 g/mol. The molecule has 0 spiro atoms. The Hall–Kier alpha value is -3.00. The Bertz CT molecular complexity index is 835. The molecule has 3 rings (SSSR count). The fourth-order valence-corrected chi connectivity index (χ4v) is 3.04. The first-order chi connectivity index (χ1) is 12.9. The van der Waals surface area contributed by atoms with Crippen LogP contribution in [0.4, 0.5) is 15.8 Å². The Morgan fingerprint density at radius 2 is 1.89 bits per heavy atom. The molecule has 8 heteroatoms. The lowest BCUT2D eigenvalue weighted by molar-refractivity contribution is -0.385. The molecule has 27 heavy (non-hydrogen) atoms. The van der Waals surface area contributed by atoms with Crippen LogP contribution in [0.1, 0.15) is 18.4 Å². The summed E-state index contributed by atoms with van der Waals surface area (Å²) in [5.74, 6) is -1.41. The first kappa shape index (κ1) is 18.8. The number of nitro benzene ring substituents is 1. The molecule has 142 valence electrons. The highest BCUT2D eigenvalue weighted by Gasteiger charge is 2.41. The van der Waals surface area contributed by atoms with Crippen LogP contribution in [0.25, 0.3) is 0 Å². The standard InChI is InChI=1S/C19H19FN2O5/c20-16-12-15(22(25)26)6-7-17(16)21-10-8-19(24,9-11-21)18(23)27-13-14-4-2-1-3-5-14/h1-7,12,24H,8-11,13H2. The van der Waals surface area contributed by atoms with Gasteiger partial charge in [-0.15, -0.1) is 0 Å². The number of ether oxygens (including phenoxy) is 1. The van der Waals surface area contributed by atoms with Gasteiger partial charge in [-0.05, 0) is 11.6 Å². The van der Waals surface area contributed by atoms with Crippen molar-refractivity contribution in [2.24, 2.45) is 0 Å². The molecule has 7 nitrogen and oxygen atoms in total. The number of non-ortho nitro benzene ring substituents is 1. The number of esters is 1. The molecule has 0 saturated carbocycles. The van der Waals surface area contributed by atoms with Gasteiger partial charge in [0.1, 0.15) is 6.61 Å². The molecule has 0 bridgehead atoms. The van der Waals surface area contributed by atoms with E-state index >= 15 is 0 Å². The summed E-state index contributed by atoms with van der Waals surface area (Å²) in [6, 6.07) is 12.6. The SMILES string of the molecule is O=C(OCc1ccccc1)C1(O)CCN(c2ccc([N+](=O)[O-])cc2F)CC1. The Morgan fingerprint density at radius 3 is 2.48 bits per heavy atom. The van der Waals surface area contributed by atoms with Crippen LogP contribution >= 0.6 is 0 Å². The second kappa shape index (κ2) is 7.71. The number of hydrogen-bond acceptors (Lipinski definition) is 6. The molecule has 0 unspecified atom stereocenters. The maximum Gasteiger partial charge on any atom is 0.338 e. The van der Waals surface area contributed by atoms with Crippen LogP contribution in [0.5, 0.6) is 0 Å². The quantitative estimate of drug-likeness (QED) is 0.491. The molecular weight excluding hydrogens is 355 g/mol. The molecule has 1 aliphatic rings. The van der Waals surface area contributed by atoms with Crippen LogP contribution < -0.4 is 4.90 Å². The summed E-state index contributed by atoms with van der Waals surface area (Å²) in [5, 5.41) is 21.3. The van der Waals surface area contributed by atoms with Gasteiger partial charge in [-0.3, -0.25) is 10.1 Å². The molecule has 0 atom stereocenters. The van der Waals surface area contributed by atoms with Gasteiger partial charge in [0.05, 0.1) is 16.7 Å². The summed E-state index contributed by atoms with van der Waals surface area (Å²) >= 11 is 0. The first-order valence-corrected chi connectivity index (χ1v) is 8.51. The van der Waals surface area contributed by atoms with Gasteiger partial charge in [-0.1, -0.05) is 30.3 Å². The summed E-state index contributed by atoms with van der Waals surface area (Å²) < 4.78 is 19.4. The predicted molar refractivity (Wildman–Crippen MR) is 95.7 cm³/mol. The van der Waals surface area contributed by atoms with Crippen molar-refractivity contribution in [1.82, 2.24) is 0 Å². The van der Waals surface area contributed by atoms with E-state index in [0.29, 0.717) is 0 Å². The lowest BCUT2D eigenvalue weighted by atomic mass is 9.91. The molecule has 0 amide bonds. The highest BCUT2D eigenvalue weighted by Crippen LogP contribution is 2.30. The van der Waals surface area contributed by atoms with Gasteiger partial charge in [-0.2, -0.15) is 0 Å². The molecule has 0 aromatic heterocycles. The minimum Gasteiger partial charge on any atom is -0.459 e. The van der Waals surface area contributed by atoms with Gasteiger partial charge >= 0.3 is 5.97 Å². The molecule has 1 fully saturated rings. The summed E-state index contributed by atoms with van der Waals surface area (Å²) in [4.78, 5) is 24.0. The van der Waals surface area contributed by atoms with E-state index in [4.69, 9.17) is 4.74 Å². The van der Waals surface area contributed by atoms with Crippen LogP contribution in [0.3, 0.4) is 0 Å². The molecule has 0 radical (unpaired) electrons. The zero-order valence-electron chi connectivity index (χ0n) is 14.5. The van der Waals surface area contributed by atoms with Crippen molar-refractivity contribution in [3.63, 3.8) is 0 Å². The largest absolute Gasteiger partial charge is 0.459 e. The van der Waals surface area contributed by atoms with Gasteiger partial charge in [0.25, 0.3) is 5.69 Å². The predicted octanol–water partition coefficient (Wildman–Crippen LogP) is 2.81. The average Bonchev–Trinajstić information content (AvgIpc) is 2.67. The number of aliphatic hydroxyl groups is 1. The Labute approximate surface area is 155 Å². The summed E-state index contributed by atoms with van der Waals surface area (Å²) in [5.41, 5.74) is -0.919. The Morgan fingerprint density at radius 1 is 1.22 bits per heavy atom. The van der Waals surface area contributed by atoms with Gasteiger partial charge in [0.2, 0.25) is 0 Å². The number of carbonyl (C=O) groups is 1. The fraction of sp³-hybridized carbons (Fsp3) is 0.316. The third kappa shape index (κ3) is 4.22. The van der Waals surface area contributed by atoms with E-state index in [1.165, 1.54) is 12.1 Å². The zero-order valence-corrected chi connectivity index (χ0v) is 14.5. The van der Waals surface area contributed by atoms with Crippen LogP contribution in [-0.4, -0.2) is 34.7 Å². The maximum atomic E-state index is 14.2. The second-order valence-electron chi connectivity index (χ2n) is 6.47. The highest BCUT2D eigenvalue weighted by atomic mass is 19.1. The van der Waals surface area contributed by atoms with Gasteiger partial charge in [0, 0.05) is 32.0 Å². The Balaban J connectivity index is 1.60. The lowest BCUT2D eigenvalue weighted by Gasteiger charge is -2.37. The van der Waals surface area contributed by atoms with Crippen molar-refractivity contribution in [2.75, 3.05) is 18.0 Å². The third-order valence-corrected chi connectivity index (χ3v) is 4.67. The van der Waals surface area contributed by atoms with E-state index in [1.54, 1.807) is 4.90 Å². The smallest absolute Gasteiger partial charge is 0.338 e. The van der Waals surface area contributed by atoms with Crippen molar-refractivity contribution in [2.45, 2.75) is 25.0 Å². The normalized spacial score (nSPS) is 16.0. The molecule has 2 aromatic carbocycles. The van der Waals surface area contributed by atoms with E-state index in [1.807, 2.05) is 30.3 Å². The van der Waals surface area contributed by atoms with Crippen LogP contribution in [0.15, 0.2) is 48.5 Å². The lowest BCUT2D eigenvalue weighted by Crippen LogP contribution is -2.50. The number of carbonyl (C=O) groups excluding carboxylic acids is 1. The van der Waals surface area contributed by atoms with E-state index in [0.717, 1.165) is 11.6 Å². The molecular formula is C19H19FN2O5. The molecule has 0 aliphatic carbocycles. The van der Waals surface area contributed by atoms with Crippen molar-refractivity contribution in [1.29, 1.82) is 0 Å². The number of hydrogen-bond donors (Lipinski definition) is 1. The molecule has 1 saturated heterocycles. The minimum absolute atomic E-state index is 0.0721. The summed E-state index contributed by atoms with van der Waals surface area (Å²) in [6.07, 6.45) is 0.161. The number of rotatable bonds is 5. The van der Waals surface area contributed by atoms with Crippen molar-refractivity contribution >= 4 is 17.3 Å². The van der Waals surface area contributed by atoms with Crippen LogP contribution in [-0.2, 0) is 16.1 Å². The van der Waals surface area contributed by atoms with Crippen LogP contribution in [0.2, 0.25) is 0 Å². The van der Waals surface area contributed by atoms with E-state index < -0.39 is 22.3 Å². The fourth-order valence-electron chi connectivity index (χ4n) is 3.04. The number of benzene rings is 2. The first-order valence-electron chi connectivity index (χ1n) is 8.51. The van der Waals surface area contributed by atoms with Crippen molar-refractivity contribution < 1.29 is 24.0 Å². The average molecular weight is 374 g/mol. The number of nitrogens with zero attached hydrogens (tertiary/aromatic N) is 2. The van der Waals surface area contributed by atoms with Crippen molar-refractivity contribution in [3.05, 3.63) is 70.0 Å². The molecule has 1 heterocycles. The van der Waals surface area contributed by atoms with E-state index in [9.17, 15) is 24.4 Å². The maximum absolute atomic E-state index is 14.2. The van der Waals surface area contributed by atoms with Gasteiger partial charge in [0.15, 0.2) is 11.4 Å². The number of halogens is 1. The minimum atomic E-state index is -1.62. The highest BCUT2D eigenvalue weighted by molar-refractivity contribution is 5.79. The topological polar surface area (TPSA) is 92.9 Å². The van der Waals surface area contributed by atoms with E-state index in [2.05, 4.69) is 0 Å². The van der Waals surface area contributed by atoms with Gasteiger partial charge < -0.3 is 14.7 Å². The Kier molecular flexibility index (Phi) is 5.36. The number of anilines is 1. The molecule has 1 N–H and O–H groups in total. The molecule has 2 aromatic rings. The van der Waals surface area contributed by atoms with Crippen LogP contribution in [0, 0.1) is 15.9 Å². The third-order valence-electron chi connectivity index (χ3n) is 4.67. The zero-order chi connectivity index (χ0) is 19.4. The number of piperidine rings is 1.